The first-order valence-electron chi connectivity index (χ1n) is 7.36. The Kier molecular flexibility index (Phi) is 4.75. The van der Waals surface area contributed by atoms with Gasteiger partial charge in [0.15, 0.2) is 5.78 Å². The molecule has 106 valence electrons. The predicted octanol–water partition coefficient (Wildman–Crippen LogP) is 2.92. The van der Waals surface area contributed by atoms with Crippen molar-refractivity contribution in [2.75, 3.05) is 0 Å². The third-order valence-electron chi connectivity index (χ3n) is 3.93. The summed E-state index contributed by atoms with van der Waals surface area (Å²) in [6, 6.07) is 2.39. The van der Waals surface area contributed by atoms with Gasteiger partial charge in [0.2, 0.25) is 0 Å². The minimum Gasteiger partial charge on any atom is -0.367 e. The van der Waals surface area contributed by atoms with Crippen molar-refractivity contribution in [1.82, 2.24) is 9.78 Å². The van der Waals surface area contributed by atoms with Gasteiger partial charge in [-0.1, -0.05) is 13.8 Å². The van der Waals surface area contributed by atoms with Gasteiger partial charge < -0.3 is 4.74 Å². The second-order valence-electron chi connectivity index (χ2n) is 5.41. The molecule has 2 rings (SSSR count). The molecule has 2 heterocycles. The second-order valence-corrected chi connectivity index (χ2v) is 5.41. The van der Waals surface area contributed by atoms with Crippen LogP contribution < -0.4 is 0 Å². The van der Waals surface area contributed by atoms with E-state index in [1.54, 1.807) is 0 Å². The summed E-state index contributed by atoms with van der Waals surface area (Å²) in [6.45, 7) is 6.35. The molecule has 0 bridgehead atoms. The van der Waals surface area contributed by atoms with Crippen LogP contribution in [0.25, 0.3) is 0 Å². The number of carbonyl (C=O) groups is 1. The molecule has 1 aromatic heterocycles. The Labute approximate surface area is 115 Å². The van der Waals surface area contributed by atoms with Gasteiger partial charge in [0.05, 0.1) is 24.3 Å². The summed E-state index contributed by atoms with van der Waals surface area (Å²) in [5.41, 5.74) is 0.861. The summed E-state index contributed by atoms with van der Waals surface area (Å²) in [5, 5.41) is 4.52. The highest BCUT2D eigenvalue weighted by molar-refractivity contribution is 5.85. The third-order valence-corrected chi connectivity index (χ3v) is 3.93. The Morgan fingerprint density at radius 3 is 2.79 bits per heavy atom. The molecule has 1 aromatic rings. The number of rotatable bonds is 6. The number of carbonyl (C=O) groups excluding carboxylic acids is 1. The maximum absolute atomic E-state index is 12.1. The first-order chi connectivity index (χ1) is 9.13. The zero-order valence-electron chi connectivity index (χ0n) is 12.1. The van der Waals surface area contributed by atoms with Crippen LogP contribution in [0.1, 0.15) is 58.2 Å². The van der Waals surface area contributed by atoms with Crippen LogP contribution in [-0.4, -0.2) is 27.8 Å². The Morgan fingerprint density at radius 2 is 2.21 bits per heavy atom. The SMILES string of the molecule is CCC(CC)n1ccc(CC(=O)C2CCC(C)O2)n1. The zero-order valence-corrected chi connectivity index (χ0v) is 12.1. The number of hydrogen-bond acceptors (Lipinski definition) is 3. The summed E-state index contributed by atoms with van der Waals surface area (Å²) in [5.74, 6) is 0.166. The van der Waals surface area contributed by atoms with E-state index in [9.17, 15) is 4.79 Å². The topological polar surface area (TPSA) is 44.1 Å². The number of aromatic nitrogens is 2. The van der Waals surface area contributed by atoms with Crippen LogP contribution >= 0.6 is 0 Å². The van der Waals surface area contributed by atoms with Gasteiger partial charge in [0.25, 0.3) is 0 Å². The quantitative estimate of drug-likeness (QED) is 0.793. The molecule has 0 N–H and O–H groups in total. The Balaban J connectivity index is 1.94. The molecule has 4 heteroatoms. The van der Waals surface area contributed by atoms with E-state index < -0.39 is 0 Å². The number of hydrogen-bond donors (Lipinski definition) is 0. The lowest BCUT2D eigenvalue weighted by molar-refractivity contribution is -0.128. The highest BCUT2D eigenvalue weighted by Crippen LogP contribution is 2.21. The molecular weight excluding hydrogens is 240 g/mol. The van der Waals surface area contributed by atoms with Crippen molar-refractivity contribution in [2.45, 2.75) is 71.1 Å². The van der Waals surface area contributed by atoms with Crippen LogP contribution in [0, 0.1) is 0 Å². The van der Waals surface area contributed by atoms with Crippen molar-refractivity contribution >= 4 is 5.78 Å². The lowest BCUT2D eigenvalue weighted by atomic mass is 10.1. The molecule has 1 fully saturated rings. The summed E-state index contributed by atoms with van der Waals surface area (Å²) in [7, 11) is 0. The van der Waals surface area contributed by atoms with Crippen molar-refractivity contribution in [3.05, 3.63) is 18.0 Å². The lowest BCUT2D eigenvalue weighted by Gasteiger charge is -2.12. The Morgan fingerprint density at radius 1 is 1.47 bits per heavy atom. The lowest BCUT2D eigenvalue weighted by Crippen LogP contribution is -2.22. The van der Waals surface area contributed by atoms with Crippen LogP contribution in [-0.2, 0) is 16.0 Å². The van der Waals surface area contributed by atoms with E-state index >= 15 is 0 Å². The van der Waals surface area contributed by atoms with Crippen molar-refractivity contribution in [3.8, 4) is 0 Å². The first kappa shape index (κ1) is 14.3. The predicted molar refractivity (Wildman–Crippen MR) is 74.1 cm³/mol. The van der Waals surface area contributed by atoms with E-state index in [1.807, 2.05) is 23.9 Å². The van der Waals surface area contributed by atoms with Gasteiger partial charge in [-0.3, -0.25) is 9.48 Å². The van der Waals surface area contributed by atoms with E-state index in [1.165, 1.54) is 0 Å². The fourth-order valence-electron chi connectivity index (χ4n) is 2.67. The maximum atomic E-state index is 12.1. The molecular formula is C15H24N2O2. The molecule has 0 spiro atoms. The van der Waals surface area contributed by atoms with E-state index in [0.29, 0.717) is 12.5 Å². The molecule has 0 aliphatic carbocycles. The van der Waals surface area contributed by atoms with E-state index in [4.69, 9.17) is 4.74 Å². The fourth-order valence-corrected chi connectivity index (χ4v) is 2.67. The zero-order chi connectivity index (χ0) is 13.8. The Bertz CT molecular complexity index is 424. The minimum absolute atomic E-state index is 0.166. The monoisotopic (exact) mass is 264 g/mol. The number of Topliss-reactive ketones (excluding diaryl/α,β-unsaturated/α-hetero) is 1. The molecule has 2 unspecified atom stereocenters. The summed E-state index contributed by atoms with van der Waals surface area (Å²) >= 11 is 0. The summed E-state index contributed by atoms with van der Waals surface area (Å²) in [4.78, 5) is 12.1. The maximum Gasteiger partial charge on any atom is 0.167 e. The normalized spacial score (nSPS) is 23.2. The van der Waals surface area contributed by atoms with Crippen LogP contribution in [0.2, 0.25) is 0 Å². The van der Waals surface area contributed by atoms with Crippen LogP contribution in [0.3, 0.4) is 0 Å². The minimum atomic E-state index is -0.215. The summed E-state index contributed by atoms with van der Waals surface area (Å²) in [6.07, 6.45) is 6.35. The number of ketones is 1. The smallest absolute Gasteiger partial charge is 0.167 e. The van der Waals surface area contributed by atoms with Gasteiger partial charge in [-0.25, -0.2) is 0 Å². The van der Waals surface area contributed by atoms with Crippen LogP contribution in [0.4, 0.5) is 0 Å². The van der Waals surface area contributed by atoms with Crippen molar-refractivity contribution < 1.29 is 9.53 Å². The second kappa shape index (κ2) is 6.33. The molecule has 2 atom stereocenters. The van der Waals surface area contributed by atoms with Gasteiger partial charge in [-0.05, 0) is 38.7 Å². The molecule has 0 amide bonds. The average molecular weight is 264 g/mol. The molecule has 1 saturated heterocycles. The van der Waals surface area contributed by atoms with Gasteiger partial charge >= 0.3 is 0 Å². The van der Waals surface area contributed by atoms with Gasteiger partial charge in [-0.2, -0.15) is 5.10 Å². The van der Waals surface area contributed by atoms with Crippen molar-refractivity contribution in [3.63, 3.8) is 0 Å². The average Bonchev–Trinajstić information content (AvgIpc) is 3.00. The highest BCUT2D eigenvalue weighted by Gasteiger charge is 2.28. The standard InChI is InChI=1S/C15H24N2O2/c1-4-13(5-2)17-9-8-12(16-17)10-14(18)15-7-6-11(3)19-15/h8-9,11,13,15H,4-7,10H2,1-3H3. The van der Waals surface area contributed by atoms with E-state index in [2.05, 4.69) is 18.9 Å². The van der Waals surface area contributed by atoms with Crippen LogP contribution in [0.15, 0.2) is 12.3 Å². The molecule has 4 nitrogen and oxygen atoms in total. The van der Waals surface area contributed by atoms with E-state index in [0.717, 1.165) is 31.4 Å². The largest absolute Gasteiger partial charge is 0.367 e. The van der Waals surface area contributed by atoms with Gasteiger partial charge in [0, 0.05) is 6.20 Å². The van der Waals surface area contributed by atoms with Crippen molar-refractivity contribution in [2.24, 2.45) is 0 Å². The fraction of sp³-hybridized carbons (Fsp3) is 0.733. The van der Waals surface area contributed by atoms with Gasteiger partial charge in [0.1, 0.15) is 6.10 Å². The number of ether oxygens (including phenoxy) is 1. The molecule has 19 heavy (non-hydrogen) atoms. The molecule has 1 aliphatic heterocycles. The first-order valence-corrected chi connectivity index (χ1v) is 7.36. The van der Waals surface area contributed by atoms with Crippen LogP contribution in [0.5, 0.6) is 0 Å². The molecule has 0 radical (unpaired) electrons. The number of nitrogens with zero attached hydrogens (tertiary/aromatic N) is 2. The molecule has 1 aliphatic rings. The van der Waals surface area contributed by atoms with Crippen molar-refractivity contribution in [1.29, 1.82) is 0 Å². The Hall–Kier alpha value is -1.16. The third kappa shape index (κ3) is 3.44. The summed E-state index contributed by atoms with van der Waals surface area (Å²) < 4.78 is 7.59. The highest BCUT2D eigenvalue weighted by atomic mass is 16.5. The van der Waals surface area contributed by atoms with Gasteiger partial charge in [-0.15, -0.1) is 0 Å². The van der Waals surface area contributed by atoms with E-state index in [-0.39, 0.29) is 18.0 Å². The molecule has 0 aromatic carbocycles. The molecule has 0 saturated carbocycles.